The molecule has 14 nitrogen and oxygen atoms in total. The van der Waals surface area contributed by atoms with Crippen molar-refractivity contribution in [2.45, 2.75) is 70.8 Å². The first-order valence-electron chi connectivity index (χ1n) is 11.9. The van der Waals surface area contributed by atoms with Crippen molar-refractivity contribution < 1.29 is 57.2 Å². The van der Waals surface area contributed by atoms with Crippen molar-refractivity contribution in [2.75, 3.05) is 13.7 Å². The number of ether oxygens (including phenoxy) is 6. The van der Waals surface area contributed by atoms with E-state index in [1.54, 1.807) is 30.3 Å². The van der Waals surface area contributed by atoms with Crippen LogP contribution in [0.25, 0.3) is 0 Å². The van der Waals surface area contributed by atoms with E-state index in [0.29, 0.717) is 0 Å². The van der Waals surface area contributed by atoms with Gasteiger partial charge in [0, 0.05) is 34.1 Å². The normalized spacial score (nSPS) is 22.8. The molecule has 0 aliphatic carbocycles. The number of nitrogens with one attached hydrogen (secondary N) is 2. The number of hydrogen-bond acceptors (Lipinski definition) is 12. The summed E-state index contributed by atoms with van der Waals surface area (Å²) >= 11 is 0. The van der Waals surface area contributed by atoms with Crippen LogP contribution in [0.5, 0.6) is 0 Å². The molecule has 1 saturated heterocycles. The smallest absolute Gasteiger partial charge is 0.328 e. The highest BCUT2D eigenvalue weighted by Gasteiger charge is 2.52. The summed E-state index contributed by atoms with van der Waals surface area (Å²) in [5, 5.41) is 4.91. The molecule has 6 atom stereocenters. The van der Waals surface area contributed by atoms with Crippen molar-refractivity contribution in [3.05, 3.63) is 35.9 Å². The molecule has 1 aliphatic heterocycles. The Morgan fingerprint density at radius 2 is 1.38 bits per heavy atom. The van der Waals surface area contributed by atoms with E-state index < -0.39 is 79.2 Å². The minimum absolute atomic E-state index is 0.0967. The average molecular weight is 553 g/mol. The van der Waals surface area contributed by atoms with E-state index in [1.807, 2.05) is 0 Å². The number of carbonyl (C=O) groups is 6. The van der Waals surface area contributed by atoms with Gasteiger partial charge in [-0.1, -0.05) is 30.3 Å². The Bertz CT molecular complexity index is 1050. The van der Waals surface area contributed by atoms with Crippen LogP contribution in [0.3, 0.4) is 0 Å². The fourth-order valence-electron chi connectivity index (χ4n) is 3.86. The SMILES string of the molecule is COC(=O)[C@H](Cc1ccccc1)NC(=O)N[C@@H]1OC(COC(C)=O)[C@@H](OC(C)=O)[C@H](OC(C)=O)C1OC(C)=O. The molecule has 0 radical (unpaired) electrons. The lowest BCUT2D eigenvalue weighted by Crippen LogP contribution is -2.67. The van der Waals surface area contributed by atoms with Crippen LogP contribution < -0.4 is 10.6 Å². The predicted octanol–water partition coefficient (Wildman–Crippen LogP) is 0.153. The van der Waals surface area contributed by atoms with E-state index in [2.05, 4.69) is 10.6 Å². The van der Waals surface area contributed by atoms with Gasteiger partial charge in [-0.2, -0.15) is 0 Å². The Balaban J connectivity index is 2.35. The lowest BCUT2D eigenvalue weighted by atomic mass is 9.97. The fourth-order valence-corrected chi connectivity index (χ4v) is 3.86. The molecule has 1 aromatic rings. The van der Waals surface area contributed by atoms with Crippen molar-refractivity contribution in [1.82, 2.24) is 10.6 Å². The van der Waals surface area contributed by atoms with Gasteiger partial charge < -0.3 is 39.1 Å². The van der Waals surface area contributed by atoms with Crippen LogP contribution in [-0.2, 0) is 58.8 Å². The molecular weight excluding hydrogens is 520 g/mol. The Kier molecular flexibility index (Phi) is 11.7. The van der Waals surface area contributed by atoms with Gasteiger partial charge in [0.25, 0.3) is 0 Å². The molecule has 2 unspecified atom stereocenters. The van der Waals surface area contributed by atoms with Gasteiger partial charge in [-0.3, -0.25) is 19.2 Å². The zero-order valence-corrected chi connectivity index (χ0v) is 22.2. The molecule has 14 heteroatoms. The Hall–Kier alpha value is -4.20. The maximum absolute atomic E-state index is 13.0. The zero-order valence-electron chi connectivity index (χ0n) is 22.2. The van der Waals surface area contributed by atoms with Gasteiger partial charge in [0.1, 0.15) is 18.8 Å². The Morgan fingerprint density at radius 1 is 0.821 bits per heavy atom. The van der Waals surface area contributed by atoms with Gasteiger partial charge in [-0.05, 0) is 5.56 Å². The van der Waals surface area contributed by atoms with E-state index in [-0.39, 0.29) is 6.42 Å². The number of methoxy groups -OCH3 is 1. The largest absolute Gasteiger partial charge is 0.467 e. The molecule has 39 heavy (non-hydrogen) atoms. The summed E-state index contributed by atoms with van der Waals surface area (Å²) in [5.41, 5.74) is 0.737. The minimum Gasteiger partial charge on any atom is -0.467 e. The van der Waals surface area contributed by atoms with Crippen molar-refractivity contribution in [2.24, 2.45) is 0 Å². The summed E-state index contributed by atoms with van der Waals surface area (Å²) in [6, 6.07) is 6.80. The average Bonchev–Trinajstić information content (AvgIpc) is 2.85. The van der Waals surface area contributed by atoms with Gasteiger partial charge in [0.15, 0.2) is 24.5 Å². The fraction of sp³-hybridized carbons (Fsp3) is 0.520. The summed E-state index contributed by atoms with van der Waals surface area (Å²) in [7, 11) is 1.17. The van der Waals surface area contributed by atoms with Crippen molar-refractivity contribution in [3.63, 3.8) is 0 Å². The first kappa shape index (κ1) is 31.0. The van der Waals surface area contributed by atoms with E-state index in [0.717, 1.165) is 33.3 Å². The number of hydrogen-bond donors (Lipinski definition) is 2. The lowest BCUT2D eigenvalue weighted by Gasteiger charge is -2.44. The maximum Gasteiger partial charge on any atom is 0.328 e. The molecule has 0 spiro atoms. The molecule has 1 aromatic carbocycles. The molecule has 1 aliphatic rings. The summed E-state index contributed by atoms with van der Waals surface area (Å²) in [6.45, 7) is 3.91. The second-order valence-electron chi connectivity index (χ2n) is 8.50. The minimum atomic E-state index is -1.50. The third-order valence-electron chi connectivity index (χ3n) is 5.34. The highest BCUT2D eigenvalue weighted by molar-refractivity contribution is 5.84. The van der Waals surface area contributed by atoms with Gasteiger partial charge in [0.05, 0.1) is 7.11 Å². The van der Waals surface area contributed by atoms with Crippen LogP contribution in [0.15, 0.2) is 30.3 Å². The topological polar surface area (TPSA) is 182 Å². The molecule has 214 valence electrons. The molecule has 2 amide bonds. The molecule has 0 bridgehead atoms. The van der Waals surface area contributed by atoms with E-state index >= 15 is 0 Å². The highest BCUT2D eigenvalue weighted by Crippen LogP contribution is 2.28. The Labute approximate surface area is 224 Å². The maximum atomic E-state index is 13.0. The zero-order chi connectivity index (χ0) is 29.1. The molecular formula is C25H32N2O12. The second kappa shape index (κ2) is 14.7. The van der Waals surface area contributed by atoms with Crippen LogP contribution >= 0.6 is 0 Å². The Morgan fingerprint density at radius 3 is 1.92 bits per heavy atom. The van der Waals surface area contributed by atoms with Crippen LogP contribution in [0.4, 0.5) is 4.79 Å². The van der Waals surface area contributed by atoms with Gasteiger partial charge in [-0.15, -0.1) is 0 Å². The number of carbonyl (C=O) groups excluding carboxylic acids is 6. The standard InChI is InChI=1S/C25H32N2O12/c1-13(28)35-12-19-20(36-14(2)29)21(37-15(3)30)22(38-16(4)31)23(39-19)27-25(33)26-18(24(32)34-5)11-17-9-7-6-8-10-17/h6-10,18-23H,11-12H2,1-5H3,(H2,26,27,33)/t18-,19?,20+,21-,22?,23+/m0/s1. The van der Waals surface area contributed by atoms with Crippen molar-refractivity contribution in [3.8, 4) is 0 Å². The lowest BCUT2D eigenvalue weighted by molar-refractivity contribution is -0.255. The van der Waals surface area contributed by atoms with E-state index in [1.165, 1.54) is 7.11 Å². The third-order valence-corrected chi connectivity index (χ3v) is 5.34. The number of amides is 2. The van der Waals surface area contributed by atoms with Gasteiger partial charge in [-0.25, -0.2) is 9.59 Å². The molecule has 1 heterocycles. The molecule has 2 N–H and O–H groups in total. The van der Waals surface area contributed by atoms with Crippen LogP contribution in [0, 0.1) is 0 Å². The number of benzene rings is 1. The molecule has 1 fully saturated rings. The second-order valence-corrected chi connectivity index (χ2v) is 8.50. The third kappa shape index (κ3) is 9.89. The number of esters is 5. The summed E-state index contributed by atoms with van der Waals surface area (Å²) in [5.74, 6) is -3.85. The first-order chi connectivity index (χ1) is 18.4. The van der Waals surface area contributed by atoms with Gasteiger partial charge in [0.2, 0.25) is 0 Å². The highest BCUT2D eigenvalue weighted by atomic mass is 16.7. The van der Waals surface area contributed by atoms with Crippen LogP contribution in [-0.4, -0.2) is 86.3 Å². The van der Waals surface area contributed by atoms with Crippen molar-refractivity contribution in [1.29, 1.82) is 0 Å². The molecule has 2 rings (SSSR count). The molecule has 0 aromatic heterocycles. The predicted molar refractivity (Wildman–Crippen MR) is 130 cm³/mol. The van der Waals surface area contributed by atoms with Crippen LogP contribution in [0.1, 0.15) is 33.3 Å². The van der Waals surface area contributed by atoms with Gasteiger partial charge >= 0.3 is 35.9 Å². The van der Waals surface area contributed by atoms with E-state index in [9.17, 15) is 28.8 Å². The number of urea groups is 1. The first-order valence-corrected chi connectivity index (χ1v) is 11.9. The summed E-state index contributed by atoms with van der Waals surface area (Å²) in [6.07, 6.45) is -6.99. The summed E-state index contributed by atoms with van der Waals surface area (Å²) < 4.78 is 31.5. The summed E-state index contributed by atoms with van der Waals surface area (Å²) in [4.78, 5) is 72.5. The number of rotatable bonds is 10. The quantitative estimate of drug-likeness (QED) is 0.297. The monoisotopic (exact) mass is 552 g/mol. The molecule has 0 saturated carbocycles. The van der Waals surface area contributed by atoms with Crippen molar-refractivity contribution >= 4 is 35.9 Å². The van der Waals surface area contributed by atoms with Crippen LogP contribution in [0.2, 0.25) is 0 Å². The van der Waals surface area contributed by atoms with E-state index in [4.69, 9.17) is 28.4 Å².